The second kappa shape index (κ2) is 9.17. The summed E-state index contributed by atoms with van der Waals surface area (Å²) >= 11 is 0. The minimum absolute atomic E-state index is 0.00880. The highest BCUT2D eigenvalue weighted by molar-refractivity contribution is 5.82. The molecule has 2 aliphatic rings. The van der Waals surface area contributed by atoms with Crippen LogP contribution in [0.5, 0.6) is 11.5 Å². The Labute approximate surface area is 175 Å². The van der Waals surface area contributed by atoms with E-state index in [9.17, 15) is 9.59 Å². The molecule has 1 N–H and O–H groups in total. The van der Waals surface area contributed by atoms with Crippen molar-refractivity contribution in [3.63, 3.8) is 0 Å². The minimum atomic E-state index is -0.250. The Hall–Kier alpha value is -3.06. The Morgan fingerprint density at radius 1 is 1.10 bits per heavy atom. The van der Waals surface area contributed by atoms with Crippen LogP contribution >= 0.6 is 0 Å². The lowest BCUT2D eigenvalue weighted by molar-refractivity contribution is -0.142. The van der Waals surface area contributed by atoms with E-state index in [-0.39, 0.29) is 37.2 Å². The van der Waals surface area contributed by atoms with Crippen LogP contribution in [-0.2, 0) is 20.9 Å². The highest BCUT2D eigenvalue weighted by Gasteiger charge is 2.35. The molecule has 1 fully saturated rings. The molecular weight excluding hydrogens is 384 g/mol. The number of carbonyl (C=O) groups is 2. The quantitative estimate of drug-likeness (QED) is 0.792. The highest BCUT2D eigenvalue weighted by Crippen LogP contribution is 2.34. The summed E-state index contributed by atoms with van der Waals surface area (Å²) in [5, 5.41) is 3.00. The number of ether oxygens (including phenoxy) is 3. The fourth-order valence-corrected chi connectivity index (χ4v) is 4.07. The number of nitrogens with one attached hydrogen (secondary N) is 1. The third kappa shape index (κ3) is 4.41. The van der Waals surface area contributed by atoms with Crippen LogP contribution in [0, 0.1) is 5.92 Å². The molecule has 0 spiro atoms. The number of likely N-dealkylation sites (tertiary alicyclic amines) is 1. The van der Waals surface area contributed by atoms with E-state index in [0.717, 1.165) is 29.7 Å². The first-order chi connectivity index (χ1) is 14.7. The van der Waals surface area contributed by atoms with E-state index in [1.54, 1.807) is 4.90 Å². The third-order valence-corrected chi connectivity index (χ3v) is 5.63. The van der Waals surface area contributed by atoms with Crippen molar-refractivity contribution in [1.82, 2.24) is 10.2 Å². The average molecular weight is 410 g/mol. The first-order valence-electron chi connectivity index (χ1n) is 10.2. The van der Waals surface area contributed by atoms with Gasteiger partial charge in [0.1, 0.15) is 6.61 Å². The molecule has 2 atom stereocenters. The van der Waals surface area contributed by atoms with Crippen molar-refractivity contribution >= 4 is 11.8 Å². The zero-order chi connectivity index (χ0) is 20.9. The SMILES string of the molecule is COCC(=O)N1CC(C(=O)NCc2ccc3c(c2)OCO3)CCC1c1ccccc1. The molecule has 0 radical (unpaired) electrons. The van der Waals surface area contributed by atoms with E-state index >= 15 is 0 Å². The van der Waals surface area contributed by atoms with Gasteiger partial charge in [0.15, 0.2) is 11.5 Å². The van der Waals surface area contributed by atoms with Crippen molar-refractivity contribution in [3.05, 3.63) is 59.7 Å². The van der Waals surface area contributed by atoms with E-state index in [1.807, 2.05) is 48.5 Å². The molecule has 0 aliphatic carbocycles. The summed E-state index contributed by atoms with van der Waals surface area (Å²) in [5.74, 6) is 1.02. The summed E-state index contributed by atoms with van der Waals surface area (Å²) in [4.78, 5) is 27.3. The molecule has 2 unspecified atom stereocenters. The summed E-state index contributed by atoms with van der Waals surface area (Å²) in [5.41, 5.74) is 2.03. The number of carbonyl (C=O) groups excluding carboxylic acids is 2. The van der Waals surface area contributed by atoms with E-state index in [1.165, 1.54) is 7.11 Å². The van der Waals surface area contributed by atoms with Gasteiger partial charge in [0, 0.05) is 20.2 Å². The smallest absolute Gasteiger partial charge is 0.249 e. The maximum Gasteiger partial charge on any atom is 0.249 e. The lowest BCUT2D eigenvalue weighted by Crippen LogP contribution is -2.47. The summed E-state index contributed by atoms with van der Waals surface area (Å²) in [6.07, 6.45) is 1.46. The van der Waals surface area contributed by atoms with Crippen molar-refractivity contribution in [3.8, 4) is 11.5 Å². The fourth-order valence-electron chi connectivity index (χ4n) is 4.07. The molecule has 7 heteroatoms. The van der Waals surface area contributed by atoms with E-state index in [0.29, 0.717) is 18.8 Å². The van der Waals surface area contributed by atoms with Gasteiger partial charge in [0.05, 0.1) is 12.0 Å². The average Bonchev–Trinajstić information content (AvgIpc) is 3.26. The molecule has 158 valence electrons. The predicted octanol–water partition coefficient (Wildman–Crippen LogP) is 2.66. The van der Waals surface area contributed by atoms with Gasteiger partial charge in [0.25, 0.3) is 0 Å². The van der Waals surface area contributed by atoms with E-state index in [2.05, 4.69) is 5.32 Å². The summed E-state index contributed by atoms with van der Waals surface area (Å²) in [6, 6.07) is 15.6. The number of rotatable bonds is 6. The molecule has 0 bridgehead atoms. The van der Waals surface area contributed by atoms with Crippen molar-refractivity contribution < 1.29 is 23.8 Å². The number of nitrogens with zero attached hydrogens (tertiary/aromatic N) is 1. The van der Waals surface area contributed by atoms with Crippen LogP contribution in [0.2, 0.25) is 0 Å². The van der Waals surface area contributed by atoms with Crippen LogP contribution in [0.15, 0.2) is 48.5 Å². The maximum atomic E-state index is 12.8. The van der Waals surface area contributed by atoms with Crippen LogP contribution < -0.4 is 14.8 Å². The fraction of sp³-hybridized carbons (Fsp3) is 0.391. The predicted molar refractivity (Wildman–Crippen MR) is 110 cm³/mol. The number of hydrogen-bond acceptors (Lipinski definition) is 5. The molecule has 2 heterocycles. The van der Waals surface area contributed by atoms with Crippen molar-refractivity contribution in [2.24, 2.45) is 5.92 Å². The zero-order valence-corrected chi connectivity index (χ0v) is 17.0. The lowest BCUT2D eigenvalue weighted by Gasteiger charge is -2.39. The minimum Gasteiger partial charge on any atom is -0.454 e. The number of methoxy groups -OCH3 is 1. The second-order valence-corrected chi connectivity index (χ2v) is 7.59. The Morgan fingerprint density at radius 2 is 1.90 bits per heavy atom. The topological polar surface area (TPSA) is 77.1 Å². The lowest BCUT2D eigenvalue weighted by atomic mass is 9.88. The van der Waals surface area contributed by atoms with Gasteiger partial charge in [0.2, 0.25) is 18.6 Å². The maximum absolute atomic E-state index is 12.8. The van der Waals surface area contributed by atoms with Gasteiger partial charge < -0.3 is 24.4 Å². The van der Waals surface area contributed by atoms with Crippen LogP contribution in [0.4, 0.5) is 0 Å². The number of piperidine rings is 1. The Balaban J connectivity index is 1.40. The van der Waals surface area contributed by atoms with Gasteiger partial charge in [-0.15, -0.1) is 0 Å². The molecule has 2 aromatic rings. The highest BCUT2D eigenvalue weighted by atomic mass is 16.7. The molecule has 7 nitrogen and oxygen atoms in total. The van der Waals surface area contributed by atoms with Gasteiger partial charge >= 0.3 is 0 Å². The van der Waals surface area contributed by atoms with Crippen LogP contribution in [-0.4, -0.2) is 43.8 Å². The number of amides is 2. The second-order valence-electron chi connectivity index (χ2n) is 7.59. The van der Waals surface area contributed by atoms with Crippen LogP contribution in [0.25, 0.3) is 0 Å². The van der Waals surface area contributed by atoms with E-state index in [4.69, 9.17) is 14.2 Å². The van der Waals surface area contributed by atoms with Gasteiger partial charge in [-0.25, -0.2) is 0 Å². The Bertz CT molecular complexity index is 902. The van der Waals surface area contributed by atoms with Crippen LogP contribution in [0.1, 0.15) is 30.0 Å². The first kappa shape index (κ1) is 20.2. The summed E-state index contributed by atoms with van der Waals surface area (Å²) < 4.78 is 15.8. The van der Waals surface area contributed by atoms with Crippen LogP contribution in [0.3, 0.4) is 0 Å². The van der Waals surface area contributed by atoms with Gasteiger partial charge in [-0.2, -0.15) is 0 Å². The number of fused-ring (bicyclic) bond motifs is 1. The molecule has 0 saturated carbocycles. The van der Waals surface area contributed by atoms with E-state index < -0.39 is 0 Å². The monoisotopic (exact) mass is 410 g/mol. The molecule has 0 aromatic heterocycles. The van der Waals surface area contributed by atoms with Crippen molar-refractivity contribution in [2.45, 2.75) is 25.4 Å². The number of hydrogen-bond donors (Lipinski definition) is 1. The molecule has 2 aliphatic heterocycles. The van der Waals surface area contributed by atoms with Crippen molar-refractivity contribution in [1.29, 1.82) is 0 Å². The zero-order valence-electron chi connectivity index (χ0n) is 17.0. The normalized spacial score (nSPS) is 20.1. The standard InChI is InChI=1S/C23H26N2O5/c1-28-14-22(26)25-13-18(8-9-19(25)17-5-3-2-4-6-17)23(27)24-12-16-7-10-20-21(11-16)30-15-29-20/h2-7,10-11,18-19H,8-9,12-15H2,1H3,(H,24,27). The van der Waals surface area contributed by atoms with Gasteiger partial charge in [-0.1, -0.05) is 36.4 Å². The summed E-state index contributed by atoms with van der Waals surface area (Å²) in [7, 11) is 1.51. The third-order valence-electron chi connectivity index (χ3n) is 5.63. The Kier molecular flexibility index (Phi) is 6.18. The Morgan fingerprint density at radius 3 is 2.70 bits per heavy atom. The molecule has 2 aromatic carbocycles. The number of benzene rings is 2. The van der Waals surface area contributed by atoms with Gasteiger partial charge in [-0.3, -0.25) is 9.59 Å². The first-order valence-corrected chi connectivity index (χ1v) is 10.2. The largest absolute Gasteiger partial charge is 0.454 e. The van der Waals surface area contributed by atoms with Gasteiger partial charge in [-0.05, 0) is 36.1 Å². The molecular formula is C23H26N2O5. The summed E-state index contributed by atoms with van der Waals surface area (Å²) in [6.45, 7) is 1.02. The molecule has 1 saturated heterocycles. The molecule has 4 rings (SSSR count). The molecule has 2 amide bonds. The van der Waals surface area contributed by atoms with Crippen molar-refractivity contribution in [2.75, 3.05) is 27.1 Å². The molecule has 30 heavy (non-hydrogen) atoms.